The molecule has 0 aliphatic heterocycles. The highest BCUT2D eigenvalue weighted by atomic mass is 79.9. The van der Waals surface area contributed by atoms with E-state index in [0.717, 1.165) is 42.2 Å². The van der Waals surface area contributed by atoms with Crippen molar-refractivity contribution < 1.29 is 0 Å². The highest BCUT2D eigenvalue weighted by molar-refractivity contribution is 9.10. The zero-order chi connectivity index (χ0) is 14.5. The molecular weight excluding hydrogens is 316 g/mol. The lowest BCUT2D eigenvalue weighted by molar-refractivity contribution is 0.652. The second-order valence-corrected chi connectivity index (χ2v) is 5.82. The molecule has 5 heteroatoms. The Hall–Kier alpha value is -1.20. The molecule has 0 bridgehead atoms. The molecule has 0 spiro atoms. The molecule has 1 aromatic heterocycles. The van der Waals surface area contributed by atoms with Gasteiger partial charge in [-0.05, 0) is 44.0 Å². The number of benzene rings is 1. The summed E-state index contributed by atoms with van der Waals surface area (Å²) in [5.41, 5.74) is 2.51. The van der Waals surface area contributed by atoms with Crippen molar-refractivity contribution in [3.05, 3.63) is 45.4 Å². The van der Waals surface area contributed by atoms with Crippen molar-refractivity contribution in [1.29, 1.82) is 0 Å². The molecule has 0 fully saturated rings. The van der Waals surface area contributed by atoms with Crippen LogP contribution in [-0.2, 0) is 13.1 Å². The summed E-state index contributed by atoms with van der Waals surface area (Å²) in [7, 11) is 0. The molecule has 2 aromatic rings. The molecule has 0 saturated carbocycles. The Morgan fingerprint density at radius 1 is 1.30 bits per heavy atom. The molecule has 4 nitrogen and oxygen atoms in total. The van der Waals surface area contributed by atoms with Crippen molar-refractivity contribution in [2.45, 2.75) is 40.3 Å². The fraction of sp³-hybridized carbons (Fsp3) is 0.467. The van der Waals surface area contributed by atoms with Crippen LogP contribution in [0.15, 0.2) is 22.7 Å². The van der Waals surface area contributed by atoms with Crippen LogP contribution in [0, 0.1) is 13.8 Å². The summed E-state index contributed by atoms with van der Waals surface area (Å²) in [5.74, 6) is 1.77. The maximum absolute atomic E-state index is 4.40. The minimum absolute atomic E-state index is 0.746. The average Bonchev–Trinajstić information content (AvgIpc) is 2.71. The largest absolute Gasteiger partial charge is 0.313 e. The van der Waals surface area contributed by atoms with E-state index in [1.807, 2.05) is 18.5 Å². The van der Waals surface area contributed by atoms with Gasteiger partial charge in [-0.2, -0.15) is 5.10 Å². The van der Waals surface area contributed by atoms with Gasteiger partial charge in [-0.25, -0.2) is 9.67 Å². The van der Waals surface area contributed by atoms with Crippen molar-refractivity contribution in [1.82, 2.24) is 20.1 Å². The molecule has 0 aliphatic carbocycles. The molecular formula is C15H21BrN4. The molecule has 0 amide bonds. The number of nitrogens with one attached hydrogen (secondary N) is 1. The maximum Gasteiger partial charge on any atom is 0.147 e. The van der Waals surface area contributed by atoms with Gasteiger partial charge in [-0.3, -0.25) is 0 Å². The third-order valence-electron chi connectivity index (χ3n) is 3.16. The van der Waals surface area contributed by atoms with E-state index in [1.165, 1.54) is 11.1 Å². The van der Waals surface area contributed by atoms with E-state index in [9.17, 15) is 0 Å². The van der Waals surface area contributed by atoms with E-state index in [0.29, 0.717) is 0 Å². The van der Waals surface area contributed by atoms with E-state index in [4.69, 9.17) is 0 Å². The quantitative estimate of drug-likeness (QED) is 0.823. The highest BCUT2D eigenvalue weighted by Crippen LogP contribution is 2.20. The normalized spacial score (nSPS) is 11.0. The first kappa shape index (κ1) is 15.2. The molecule has 1 heterocycles. The van der Waals surface area contributed by atoms with E-state index in [2.05, 4.69) is 56.5 Å². The van der Waals surface area contributed by atoms with Crippen LogP contribution in [0.25, 0.3) is 0 Å². The molecule has 0 aliphatic rings. The number of nitrogens with zero attached hydrogens (tertiary/aromatic N) is 3. The fourth-order valence-electron chi connectivity index (χ4n) is 2.11. The van der Waals surface area contributed by atoms with E-state index >= 15 is 0 Å². The number of aromatic nitrogens is 3. The lowest BCUT2D eigenvalue weighted by Gasteiger charge is -2.09. The number of aryl methyl sites for hydroxylation is 2. The summed E-state index contributed by atoms with van der Waals surface area (Å²) < 4.78 is 3.06. The second-order valence-electron chi connectivity index (χ2n) is 4.97. The minimum Gasteiger partial charge on any atom is -0.313 e. The Morgan fingerprint density at radius 2 is 2.10 bits per heavy atom. The van der Waals surface area contributed by atoms with E-state index in [-0.39, 0.29) is 0 Å². The predicted octanol–water partition coefficient (Wildman–Crippen LogP) is 3.21. The monoisotopic (exact) mass is 336 g/mol. The van der Waals surface area contributed by atoms with Crippen LogP contribution < -0.4 is 5.32 Å². The molecule has 20 heavy (non-hydrogen) atoms. The molecule has 0 atom stereocenters. The third-order valence-corrected chi connectivity index (χ3v) is 3.89. The predicted molar refractivity (Wildman–Crippen MR) is 84.7 cm³/mol. The summed E-state index contributed by atoms with van der Waals surface area (Å²) in [4.78, 5) is 4.33. The lowest BCUT2D eigenvalue weighted by Crippen LogP contribution is -2.14. The number of hydrogen-bond donors (Lipinski definition) is 1. The third kappa shape index (κ3) is 3.90. The summed E-state index contributed by atoms with van der Waals surface area (Å²) >= 11 is 3.66. The van der Waals surface area contributed by atoms with Gasteiger partial charge in [0.15, 0.2) is 0 Å². The summed E-state index contributed by atoms with van der Waals surface area (Å²) in [5, 5.41) is 7.81. The lowest BCUT2D eigenvalue weighted by atomic mass is 10.1. The molecule has 1 N–H and O–H groups in total. The second kappa shape index (κ2) is 6.99. The highest BCUT2D eigenvalue weighted by Gasteiger charge is 2.07. The first-order chi connectivity index (χ1) is 9.60. The van der Waals surface area contributed by atoms with Gasteiger partial charge < -0.3 is 5.32 Å². The first-order valence-electron chi connectivity index (χ1n) is 6.96. The fourth-order valence-corrected chi connectivity index (χ4v) is 2.66. The molecule has 1 aromatic carbocycles. The molecule has 0 saturated heterocycles. The van der Waals surface area contributed by atoms with Crippen LogP contribution in [0.4, 0.5) is 0 Å². The Labute approximate surface area is 128 Å². The zero-order valence-electron chi connectivity index (χ0n) is 12.3. The summed E-state index contributed by atoms with van der Waals surface area (Å²) in [6, 6.07) is 6.50. The molecule has 2 rings (SSSR count). The topological polar surface area (TPSA) is 42.7 Å². The molecule has 0 radical (unpaired) electrons. The van der Waals surface area contributed by atoms with Crippen molar-refractivity contribution in [2.75, 3.05) is 6.54 Å². The van der Waals surface area contributed by atoms with Gasteiger partial charge in [0.2, 0.25) is 0 Å². The minimum atomic E-state index is 0.746. The van der Waals surface area contributed by atoms with Gasteiger partial charge in [0.25, 0.3) is 0 Å². The Morgan fingerprint density at radius 3 is 2.70 bits per heavy atom. The van der Waals surface area contributed by atoms with Crippen molar-refractivity contribution >= 4 is 15.9 Å². The van der Waals surface area contributed by atoms with Gasteiger partial charge in [-0.15, -0.1) is 0 Å². The van der Waals surface area contributed by atoms with Crippen LogP contribution in [0.5, 0.6) is 0 Å². The summed E-state index contributed by atoms with van der Waals surface area (Å²) in [6.45, 7) is 8.79. The number of halogens is 1. The first-order valence-corrected chi connectivity index (χ1v) is 7.75. The Kier molecular flexibility index (Phi) is 5.31. The van der Waals surface area contributed by atoms with Gasteiger partial charge in [0.1, 0.15) is 11.6 Å². The van der Waals surface area contributed by atoms with Crippen molar-refractivity contribution in [3.8, 4) is 0 Å². The van der Waals surface area contributed by atoms with Crippen molar-refractivity contribution in [3.63, 3.8) is 0 Å². The smallest absolute Gasteiger partial charge is 0.147 e. The maximum atomic E-state index is 4.40. The van der Waals surface area contributed by atoms with Crippen LogP contribution >= 0.6 is 15.9 Å². The Balaban J connectivity index is 2.07. The van der Waals surface area contributed by atoms with Crippen LogP contribution in [-0.4, -0.2) is 21.3 Å². The standard InChI is InChI=1S/C15H21BrN4/c1-4-7-17-9-13-5-6-14(15(16)8-13)10-20-12(3)18-11(2)19-20/h5-6,8,17H,4,7,9-10H2,1-3H3. The number of hydrogen-bond acceptors (Lipinski definition) is 3. The van der Waals surface area contributed by atoms with Gasteiger partial charge in [-0.1, -0.05) is 35.0 Å². The van der Waals surface area contributed by atoms with E-state index in [1.54, 1.807) is 0 Å². The van der Waals surface area contributed by atoms with E-state index < -0.39 is 0 Å². The summed E-state index contributed by atoms with van der Waals surface area (Å²) in [6.07, 6.45) is 1.16. The Bertz CT molecular complexity index is 577. The van der Waals surface area contributed by atoms with Crippen LogP contribution in [0.2, 0.25) is 0 Å². The zero-order valence-corrected chi connectivity index (χ0v) is 13.9. The van der Waals surface area contributed by atoms with Gasteiger partial charge >= 0.3 is 0 Å². The number of rotatable bonds is 6. The van der Waals surface area contributed by atoms with Crippen LogP contribution in [0.1, 0.15) is 36.1 Å². The average molecular weight is 337 g/mol. The van der Waals surface area contributed by atoms with Gasteiger partial charge in [0.05, 0.1) is 6.54 Å². The van der Waals surface area contributed by atoms with Crippen LogP contribution in [0.3, 0.4) is 0 Å². The SMILES string of the molecule is CCCNCc1ccc(Cn2nc(C)nc2C)c(Br)c1. The molecule has 0 unspecified atom stereocenters. The van der Waals surface area contributed by atoms with Crippen molar-refractivity contribution in [2.24, 2.45) is 0 Å². The van der Waals surface area contributed by atoms with Gasteiger partial charge in [0, 0.05) is 11.0 Å². The molecule has 108 valence electrons.